The van der Waals surface area contributed by atoms with E-state index in [1.54, 1.807) is 0 Å². The van der Waals surface area contributed by atoms with Gasteiger partial charge in [-0.3, -0.25) is 4.79 Å². The van der Waals surface area contributed by atoms with E-state index in [-0.39, 0.29) is 0 Å². The van der Waals surface area contributed by atoms with Crippen molar-refractivity contribution in [3.63, 3.8) is 0 Å². The molecule has 0 heterocycles. The summed E-state index contributed by atoms with van der Waals surface area (Å²) in [6.07, 6.45) is 6.21. The largest absolute Gasteiger partial charge is 0.299 e. The van der Waals surface area contributed by atoms with Crippen LogP contribution in [-0.2, 0) is 4.79 Å². The van der Waals surface area contributed by atoms with Crippen LogP contribution in [0.5, 0.6) is 0 Å². The first-order valence-corrected chi connectivity index (χ1v) is 6.16. The summed E-state index contributed by atoms with van der Waals surface area (Å²) in [7, 11) is 0. The van der Waals surface area contributed by atoms with Gasteiger partial charge < -0.3 is 0 Å². The van der Waals surface area contributed by atoms with E-state index in [9.17, 15) is 4.79 Å². The Balaban J connectivity index is 2.54. The maximum Gasteiger partial charge on any atom is 0.136 e. The van der Waals surface area contributed by atoms with Gasteiger partial charge in [-0.1, -0.05) is 25.5 Å². The van der Waals surface area contributed by atoms with Crippen molar-refractivity contribution in [3.05, 3.63) is 11.6 Å². The van der Waals surface area contributed by atoms with Crippen LogP contribution in [0, 0.1) is 17.8 Å². The van der Waals surface area contributed by atoms with E-state index in [1.807, 2.05) is 0 Å². The zero-order valence-electron chi connectivity index (χ0n) is 10.5. The number of hydrogen-bond donors (Lipinski definition) is 0. The molecule has 1 heteroatoms. The molecule has 1 aliphatic carbocycles. The van der Waals surface area contributed by atoms with Crippen LogP contribution in [0.25, 0.3) is 0 Å². The minimum Gasteiger partial charge on any atom is -0.299 e. The second kappa shape index (κ2) is 5.48. The van der Waals surface area contributed by atoms with E-state index in [2.05, 4.69) is 33.8 Å². The standard InChI is InChI=1S/C14H24O/c1-10(2)5-6-13-9-12(11(3)4)7-8-14(13)15/h5,11-13H,6-9H2,1-4H3. The quantitative estimate of drug-likeness (QED) is 0.641. The fourth-order valence-corrected chi connectivity index (χ4v) is 2.36. The number of hydrogen-bond acceptors (Lipinski definition) is 1. The van der Waals surface area contributed by atoms with E-state index in [0.29, 0.717) is 11.7 Å². The highest BCUT2D eigenvalue weighted by molar-refractivity contribution is 5.81. The summed E-state index contributed by atoms with van der Waals surface area (Å²) < 4.78 is 0. The van der Waals surface area contributed by atoms with Gasteiger partial charge in [0.25, 0.3) is 0 Å². The third-order valence-electron chi connectivity index (χ3n) is 3.56. The maximum atomic E-state index is 11.7. The molecule has 86 valence electrons. The highest BCUT2D eigenvalue weighted by Crippen LogP contribution is 2.33. The molecule has 0 aromatic rings. The van der Waals surface area contributed by atoms with Crippen molar-refractivity contribution < 1.29 is 4.79 Å². The van der Waals surface area contributed by atoms with E-state index in [0.717, 1.165) is 37.5 Å². The van der Waals surface area contributed by atoms with Gasteiger partial charge in [0.2, 0.25) is 0 Å². The highest BCUT2D eigenvalue weighted by Gasteiger charge is 2.29. The molecule has 2 atom stereocenters. The molecule has 0 N–H and O–H groups in total. The average Bonchev–Trinajstić information content (AvgIpc) is 2.16. The minimum absolute atomic E-state index is 0.307. The Labute approximate surface area is 93.9 Å². The van der Waals surface area contributed by atoms with Crippen LogP contribution in [-0.4, -0.2) is 5.78 Å². The predicted molar refractivity (Wildman–Crippen MR) is 64.7 cm³/mol. The van der Waals surface area contributed by atoms with Gasteiger partial charge in [0.15, 0.2) is 0 Å². The molecular weight excluding hydrogens is 184 g/mol. The fourth-order valence-electron chi connectivity index (χ4n) is 2.36. The maximum absolute atomic E-state index is 11.7. The summed E-state index contributed by atoms with van der Waals surface area (Å²) in [4.78, 5) is 11.7. The smallest absolute Gasteiger partial charge is 0.136 e. The van der Waals surface area contributed by atoms with E-state index < -0.39 is 0 Å². The number of carbonyl (C=O) groups is 1. The molecule has 0 spiro atoms. The normalized spacial score (nSPS) is 26.9. The van der Waals surface area contributed by atoms with Gasteiger partial charge in [0, 0.05) is 12.3 Å². The Morgan fingerprint density at radius 1 is 1.47 bits per heavy atom. The number of Topliss-reactive ketones (excluding diaryl/α,β-unsaturated/α-hetero) is 1. The minimum atomic E-state index is 0.307. The molecule has 0 aliphatic heterocycles. The number of carbonyl (C=O) groups excluding carboxylic acids is 1. The van der Waals surface area contributed by atoms with E-state index >= 15 is 0 Å². The molecular formula is C14H24O. The van der Waals surface area contributed by atoms with Crippen LogP contribution >= 0.6 is 0 Å². The van der Waals surface area contributed by atoms with Crippen LogP contribution in [0.2, 0.25) is 0 Å². The van der Waals surface area contributed by atoms with Gasteiger partial charge in [-0.05, 0) is 44.9 Å². The first-order valence-electron chi connectivity index (χ1n) is 6.16. The molecule has 1 aliphatic rings. The molecule has 0 bridgehead atoms. The third kappa shape index (κ3) is 3.81. The molecule has 1 saturated carbocycles. The van der Waals surface area contributed by atoms with Crippen molar-refractivity contribution in [2.75, 3.05) is 0 Å². The molecule has 0 aromatic carbocycles. The third-order valence-corrected chi connectivity index (χ3v) is 3.56. The highest BCUT2D eigenvalue weighted by atomic mass is 16.1. The summed E-state index contributed by atoms with van der Waals surface area (Å²) >= 11 is 0. The monoisotopic (exact) mass is 208 g/mol. The Hall–Kier alpha value is -0.590. The second-order valence-electron chi connectivity index (χ2n) is 5.46. The van der Waals surface area contributed by atoms with Crippen LogP contribution in [0.3, 0.4) is 0 Å². The zero-order chi connectivity index (χ0) is 11.4. The lowest BCUT2D eigenvalue weighted by atomic mass is 9.74. The Morgan fingerprint density at radius 2 is 2.13 bits per heavy atom. The van der Waals surface area contributed by atoms with Crippen molar-refractivity contribution in [2.45, 2.75) is 53.4 Å². The van der Waals surface area contributed by atoms with Crippen LogP contribution in [0.1, 0.15) is 53.4 Å². The van der Waals surface area contributed by atoms with Crippen LogP contribution < -0.4 is 0 Å². The van der Waals surface area contributed by atoms with Crippen molar-refractivity contribution in [3.8, 4) is 0 Å². The van der Waals surface area contributed by atoms with Crippen LogP contribution in [0.15, 0.2) is 11.6 Å². The van der Waals surface area contributed by atoms with Crippen molar-refractivity contribution in [1.29, 1.82) is 0 Å². The number of ketones is 1. The lowest BCUT2D eigenvalue weighted by Gasteiger charge is -2.30. The molecule has 2 unspecified atom stereocenters. The lowest BCUT2D eigenvalue weighted by molar-refractivity contribution is -0.125. The zero-order valence-corrected chi connectivity index (χ0v) is 10.5. The molecule has 0 saturated heterocycles. The summed E-state index contributed by atoms with van der Waals surface area (Å²) in [5.74, 6) is 2.29. The Morgan fingerprint density at radius 3 is 2.67 bits per heavy atom. The first kappa shape index (κ1) is 12.5. The summed E-state index contributed by atoms with van der Waals surface area (Å²) in [5, 5.41) is 0. The molecule has 15 heavy (non-hydrogen) atoms. The van der Waals surface area contributed by atoms with Gasteiger partial charge >= 0.3 is 0 Å². The SMILES string of the molecule is CC(C)=CCC1CC(C(C)C)CCC1=O. The molecule has 1 fully saturated rings. The predicted octanol–water partition coefficient (Wildman–Crippen LogP) is 3.98. The molecule has 0 radical (unpaired) electrons. The number of rotatable bonds is 3. The average molecular weight is 208 g/mol. The molecule has 0 aromatic heterocycles. The van der Waals surface area contributed by atoms with Gasteiger partial charge in [-0.25, -0.2) is 0 Å². The van der Waals surface area contributed by atoms with Crippen molar-refractivity contribution >= 4 is 5.78 Å². The number of allylic oxidation sites excluding steroid dienone is 2. The second-order valence-corrected chi connectivity index (χ2v) is 5.46. The van der Waals surface area contributed by atoms with Crippen molar-refractivity contribution in [2.24, 2.45) is 17.8 Å². The molecule has 0 amide bonds. The summed E-state index contributed by atoms with van der Waals surface area (Å²) in [6, 6.07) is 0. The first-order chi connectivity index (χ1) is 7.00. The van der Waals surface area contributed by atoms with E-state index in [1.165, 1.54) is 5.57 Å². The molecule has 1 nitrogen and oxygen atoms in total. The van der Waals surface area contributed by atoms with Gasteiger partial charge in [-0.15, -0.1) is 0 Å². The Kier molecular flexibility index (Phi) is 4.56. The summed E-state index contributed by atoms with van der Waals surface area (Å²) in [5.41, 5.74) is 1.33. The summed E-state index contributed by atoms with van der Waals surface area (Å²) in [6.45, 7) is 8.76. The van der Waals surface area contributed by atoms with E-state index in [4.69, 9.17) is 0 Å². The van der Waals surface area contributed by atoms with Gasteiger partial charge in [-0.2, -0.15) is 0 Å². The van der Waals surface area contributed by atoms with Gasteiger partial charge in [0.05, 0.1) is 0 Å². The molecule has 1 rings (SSSR count). The van der Waals surface area contributed by atoms with Crippen LogP contribution in [0.4, 0.5) is 0 Å². The topological polar surface area (TPSA) is 17.1 Å². The fraction of sp³-hybridized carbons (Fsp3) is 0.786. The van der Waals surface area contributed by atoms with Gasteiger partial charge in [0.1, 0.15) is 5.78 Å². The Bertz CT molecular complexity index is 246. The lowest BCUT2D eigenvalue weighted by Crippen LogP contribution is -2.27. The van der Waals surface area contributed by atoms with Crippen molar-refractivity contribution in [1.82, 2.24) is 0 Å².